The van der Waals surface area contributed by atoms with Crippen LogP contribution in [0.5, 0.6) is 0 Å². The summed E-state index contributed by atoms with van der Waals surface area (Å²) in [6.45, 7) is 0. The molecule has 13 heteroatoms. The van der Waals surface area contributed by atoms with E-state index in [0.717, 1.165) is 0 Å². The molecule has 134 valence electrons. The van der Waals surface area contributed by atoms with Crippen LogP contribution in [0.25, 0.3) is 21.9 Å². The van der Waals surface area contributed by atoms with Crippen LogP contribution in [0.2, 0.25) is 0 Å². The number of anilines is 2. The van der Waals surface area contributed by atoms with E-state index in [1.165, 1.54) is 0 Å². The van der Waals surface area contributed by atoms with E-state index in [1.807, 2.05) is 0 Å². The summed E-state index contributed by atoms with van der Waals surface area (Å²) in [5, 5.41) is 3.95. The minimum absolute atomic E-state index is 0.119. The summed E-state index contributed by atoms with van der Waals surface area (Å²) in [6.07, 6.45) is 0. The van der Waals surface area contributed by atoms with Crippen molar-refractivity contribution in [2.45, 2.75) is 0 Å². The largest absolute Gasteiger partial charge is 0.357 e. The molecule has 0 fully saturated rings. The zero-order valence-corrected chi connectivity index (χ0v) is 18.7. The van der Waals surface area contributed by atoms with Gasteiger partial charge < -0.3 is 5.32 Å². The van der Waals surface area contributed by atoms with Gasteiger partial charge in [-0.05, 0) is 34.0 Å². The van der Waals surface area contributed by atoms with Crippen molar-refractivity contribution in [3.05, 3.63) is 24.3 Å². The van der Waals surface area contributed by atoms with Crippen molar-refractivity contribution in [3.8, 4) is 11.1 Å². The Labute approximate surface area is 222 Å². The first-order valence-corrected chi connectivity index (χ1v) is 10.3. The first kappa shape index (κ1) is 25.8. The van der Waals surface area contributed by atoms with Crippen molar-refractivity contribution >= 4 is 182 Å². The van der Waals surface area contributed by atoms with Crippen molar-refractivity contribution in [2.75, 3.05) is 5.32 Å². The van der Waals surface area contributed by atoms with Gasteiger partial charge >= 0.3 is 0 Å². The lowest BCUT2D eigenvalue weighted by molar-refractivity contribution is 1.60. The fourth-order valence-electron chi connectivity index (χ4n) is 4.07. The van der Waals surface area contributed by atoms with Gasteiger partial charge in [0.25, 0.3) is 0 Å². The number of rotatable bonds is 3. The van der Waals surface area contributed by atoms with Crippen LogP contribution in [-0.4, -0.2) is 94.2 Å². The molecule has 35 heavy (non-hydrogen) atoms. The van der Waals surface area contributed by atoms with Gasteiger partial charge in [-0.25, -0.2) is 0 Å². The molecule has 0 spiro atoms. The van der Waals surface area contributed by atoms with Crippen LogP contribution >= 0.6 is 0 Å². The SMILES string of the molecule is [B]c1c([B])c([B])c(Nc2ccc(-c3c([B])c([B])c([B])c4c([B])c([B])c([B])c([B])c34)cc2)c([B])c1[B]. The molecule has 0 unspecified atom stereocenters. The van der Waals surface area contributed by atoms with E-state index < -0.39 is 0 Å². The summed E-state index contributed by atoms with van der Waals surface area (Å²) < 4.78 is 0. The summed E-state index contributed by atoms with van der Waals surface area (Å²) in [4.78, 5) is 0. The molecule has 0 amide bonds. The average molecular weight is 413 g/mol. The maximum absolute atomic E-state index is 6.38. The van der Waals surface area contributed by atoms with Gasteiger partial charge in [0.15, 0.2) is 0 Å². The van der Waals surface area contributed by atoms with Crippen molar-refractivity contribution < 1.29 is 0 Å². The first-order valence-electron chi connectivity index (χ1n) is 10.3. The van der Waals surface area contributed by atoms with Crippen LogP contribution in [0.1, 0.15) is 0 Å². The summed E-state index contributed by atoms with van der Waals surface area (Å²) in [5.41, 5.74) is 4.03. The molecule has 0 atom stereocenters. The molecule has 0 aliphatic carbocycles. The minimum atomic E-state index is 0.119. The molecule has 0 bridgehead atoms. The average Bonchev–Trinajstić information content (AvgIpc) is 2.85. The molecule has 1 nitrogen and oxygen atoms in total. The fourth-order valence-corrected chi connectivity index (χ4v) is 4.07. The van der Waals surface area contributed by atoms with Crippen molar-refractivity contribution in [2.24, 2.45) is 0 Å². The third-order valence-electron chi connectivity index (χ3n) is 6.17. The molecule has 0 aromatic heterocycles. The second-order valence-corrected chi connectivity index (χ2v) is 8.17. The Morgan fingerprint density at radius 2 is 0.743 bits per heavy atom. The first-order chi connectivity index (χ1) is 16.4. The van der Waals surface area contributed by atoms with Crippen LogP contribution < -0.4 is 70.9 Å². The van der Waals surface area contributed by atoms with Gasteiger partial charge in [0.1, 0.15) is 94.2 Å². The maximum atomic E-state index is 6.38. The van der Waals surface area contributed by atoms with E-state index >= 15 is 0 Å². The summed E-state index contributed by atoms with van der Waals surface area (Å²) >= 11 is 0. The lowest BCUT2D eigenvalue weighted by Gasteiger charge is -2.25. The molecule has 0 aliphatic heterocycles. The van der Waals surface area contributed by atoms with Gasteiger partial charge in [-0.2, -0.15) is 0 Å². The van der Waals surface area contributed by atoms with Crippen LogP contribution in [0.4, 0.5) is 11.4 Å². The second-order valence-electron chi connectivity index (χ2n) is 8.17. The van der Waals surface area contributed by atoms with E-state index in [4.69, 9.17) is 94.2 Å². The zero-order chi connectivity index (χ0) is 25.9. The van der Waals surface area contributed by atoms with Crippen LogP contribution in [0.3, 0.4) is 0 Å². The predicted molar refractivity (Wildman–Crippen MR) is 164 cm³/mol. The molecule has 0 saturated heterocycles. The molecular formula is C22H5B12N. The van der Waals surface area contributed by atoms with Gasteiger partial charge in [-0.15, -0.1) is 32.8 Å². The number of benzene rings is 4. The minimum Gasteiger partial charge on any atom is -0.357 e. The molecule has 0 saturated carbocycles. The summed E-state index contributed by atoms with van der Waals surface area (Å²) in [7, 11) is 73.4. The monoisotopic (exact) mass is 415 g/mol. The molecular weight excluding hydrogens is 408 g/mol. The Morgan fingerprint density at radius 1 is 0.371 bits per heavy atom. The Bertz CT molecular complexity index is 1490. The topological polar surface area (TPSA) is 12.0 Å². The molecule has 0 aliphatic rings. The normalized spacial score (nSPS) is 11.1. The van der Waals surface area contributed by atoms with Gasteiger partial charge in [0, 0.05) is 11.4 Å². The molecule has 4 rings (SSSR count). The highest BCUT2D eigenvalue weighted by molar-refractivity contribution is 6.72. The maximum Gasteiger partial charge on any atom is 0.115 e. The predicted octanol–water partition coefficient (Wildman–Crippen LogP) is -8.22. The number of hydrogen-bond acceptors (Lipinski definition) is 1. The highest BCUT2D eigenvalue weighted by Gasteiger charge is 2.18. The third-order valence-corrected chi connectivity index (χ3v) is 6.17. The Kier molecular flexibility index (Phi) is 6.86. The van der Waals surface area contributed by atoms with Crippen LogP contribution in [0.15, 0.2) is 24.3 Å². The molecule has 24 radical (unpaired) electrons. The Morgan fingerprint density at radius 3 is 1.23 bits per heavy atom. The van der Waals surface area contributed by atoms with E-state index in [9.17, 15) is 0 Å². The highest BCUT2D eigenvalue weighted by atomic mass is 14.9. The van der Waals surface area contributed by atoms with Gasteiger partial charge in [0.05, 0.1) is 0 Å². The van der Waals surface area contributed by atoms with Crippen LogP contribution in [0, 0.1) is 0 Å². The molecule has 4 aromatic carbocycles. The van der Waals surface area contributed by atoms with Crippen molar-refractivity contribution in [3.63, 3.8) is 0 Å². The number of fused-ring (bicyclic) bond motifs is 1. The van der Waals surface area contributed by atoms with E-state index in [2.05, 4.69) is 5.32 Å². The van der Waals surface area contributed by atoms with Gasteiger partial charge in [0.2, 0.25) is 0 Å². The number of nitrogens with one attached hydrogen (secondary N) is 1. The number of hydrogen-bond donors (Lipinski definition) is 1. The molecule has 0 heterocycles. The fraction of sp³-hybridized carbons (Fsp3) is 0. The van der Waals surface area contributed by atoms with Gasteiger partial charge in [-0.3, -0.25) is 0 Å². The van der Waals surface area contributed by atoms with Gasteiger partial charge in [-0.1, -0.05) is 44.9 Å². The Hall–Kier alpha value is -2.28. The highest BCUT2D eigenvalue weighted by Crippen LogP contribution is 2.25. The lowest BCUT2D eigenvalue weighted by atomic mass is 9.59. The van der Waals surface area contributed by atoms with Crippen molar-refractivity contribution in [1.82, 2.24) is 0 Å². The second kappa shape index (κ2) is 9.30. The van der Waals surface area contributed by atoms with E-state index in [1.54, 1.807) is 24.3 Å². The summed E-state index contributed by atoms with van der Waals surface area (Å²) in [6, 6.07) is 7.08. The zero-order valence-electron chi connectivity index (χ0n) is 18.7. The smallest absolute Gasteiger partial charge is 0.115 e. The molecule has 4 aromatic rings. The molecule has 1 N–H and O–H groups in total. The van der Waals surface area contributed by atoms with E-state index in [-0.39, 0.29) is 65.6 Å². The van der Waals surface area contributed by atoms with E-state index in [0.29, 0.717) is 33.3 Å². The third kappa shape index (κ3) is 4.00. The quantitative estimate of drug-likeness (QED) is 0.330. The van der Waals surface area contributed by atoms with Crippen LogP contribution in [-0.2, 0) is 0 Å². The standard InChI is InChI=1S/C22H5B12N/c23-10-7(8-9(12(25)14(10)27)13(26)16(29)15(28)11(8)24)5-1-3-6(4-2-5)35-22-20(33)18(31)17(30)19(32)21(22)34/h1-4,35H. The Balaban J connectivity index is 1.89. The van der Waals surface area contributed by atoms with Crippen molar-refractivity contribution in [1.29, 1.82) is 0 Å². The summed E-state index contributed by atoms with van der Waals surface area (Å²) in [5.74, 6) is 0. The lowest BCUT2D eigenvalue weighted by Crippen LogP contribution is -2.55.